The summed E-state index contributed by atoms with van der Waals surface area (Å²) in [6.07, 6.45) is 2.91. The number of piperidine rings is 1. The zero-order valence-electron chi connectivity index (χ0n) is 20.6. The van der Waals surface area contributed by atoms with Gasteiger partial charge in [-0.3, -0.25) is 9.59 Å². The Hall–Kier alpha value is -3.35. The van der Waals surface area contributed by atoms with E-state index >= 15 is 0 Å². The lowest BCUT2D eigenvalue weighted by atomic mass is 9.88. The Balaban J connectivity index is 1.25. The van der Waals surface area contributed by atoms with E-state index in [1.165, 1.54) is 11.6 Å². The summed E-state index contributed by atoms with van der Waals surface area (Å²) in [5.74, 6) is 1.04. The third-order valence-electron chi connectivity index (χ3n) is 6.55. The van der Waals surface area contributed by atoms with E-state index in [-0.39, 0.29) is 29.8 Å². The summed E-state index contributed by atoms with van der Waals surface area (Å²) >= 11 is 0. The van der Waals surface area contributed by atoms with Crippen LogP contribution < -0.4 is 0 Å². The quantitative estimate of drug-likeness (QED) is 0.404. The number of aromatic nitrogens is 2. The van der Waals surface area contributed by atoms with Gasteiger partial charge in [0.1, 0.15) is 5.82 Å². The molecule has 0 N–H and O–H groups in total. The van der Waals surface area contributed by atoms with Gasteiger partial charge in [-0.1, -0.05) is 55.4 Å². The van der Waals surface area contributed by atoms with Gasteiger partial charge in [0.25, 0.3) is 0 Å². The van der Waals surface area contributed by atoms with Gasteiger partial charge in [0.2, 0.25) is 17.6 Å². The standard InChI is InChI=1S/C28H32FN3O3/c1-18(2)16-20-5-8-21(9-6-20)27(34)22-12-14-32(15-13-22)26(33)11-10-25-30-28(31-35-25)23-7-4-19(3)24(29)17-23/h4-9,17-18,22H,10-16H2,1-3H3. The van der Waals surface area contributed by atoms with Crippen LogP contribution in [0.2, 0.25) is 0 Å². The molecule has 0 saturated carbocycles. The molecule has 0 unspecified atom stereocenters. The molecule has 1 aromatic heterocycles. The van der Waals surface area contributed by atoms with E-state index in [1.54, 1.807) is 19.1 Å². The Kier molecular flexibility index (Phi) is 7.73. The molecule has 35 heavy (non-hydrogen) atoms. The van der Waals surface area contributed by atoms with Crippen LogP contribution in [0.5, 0.6) is 0 Å². The number of carbonyl (C=O) groups excluding carboxylic acids is 2. The predicted molar refractivity (Wildman–Crippen MR) is 131 cm³/mol. The van der Waals surface area contributed by atoms with Crippen molar-refractivity contribution in [3.05, 3.63) is 70.9 Å². The predicted octanol–water partition coefficient (Wildman–Crippen LogP) is 5.44. The van der Waals surface area contributed by atoms with Crippen molar-refractivity contribution < 1.29 is 18.5 Å². The first-order chi connectivity index (χ1) is 16.8. The molecule has 1 aliphatic heterocycles. The Morgan fingerprint density at radius 3 is 2.49 bits per heavy atom. The highest BCUT2D eigenvalue weighted by Gasteiger charge is 2.28. The summed E-state index contributed by atoms with van der Waals surface area (Å²) in [7, 11) is 0. The van der Waals surface area contributed by atoms with Gasteiger partial charge in [-0.15, -0.1) is 0 Å². The number of carbonyl (C=O) groups is 2. The number of aryl methyl sites for hydroxylation is 2. The van der Waals surface area contributed by atoms with Gasteiger partial charge in [0.05, 0.1) is 0 Å². The van der Waals surface area contributed by atoms with E-state index in [2.05, 4.69) is 24.0 Å². The average molecular weight is 478 g/mol. The molecule has 1 saturated heterocycles. The van der Waals surface area contributed by atoms with E-state index in [0.717, 1.165) is 12.0 Å². The average Bonchev–Trinajstić information content (AvgIpc) is 3.33. The van der Waals surface area contributed by atoms with E-state index in [4.69, 9.17) is 4.52 Å². The molecule has 3 aromatic rings. The topological polar surface area (TPSA) is 76.3 Å². The van der Waals surface area contributed by atoms with Crippen LogP contribution >= 0.6 is 0 Å². The largest absolute Gasteiger partial charge is 0.343 e. The maximum Gasteiger partial charge on any atom is 0.227 e. The van der Waals surface area contributed by atoms with Crippen LogP contribution in [-0.2, 0) is 17.6 Å². The molecular formula is C28H32FN3O3. The summed E-state index contributed by atoms with van der Waals surface area (Å²) in [4.78, 5) is 31.7. The van der Waals surface area contributed by atoms with Crippen LogP contribution in [0.1, 0.15) is 60.5 Å². The SMILES string of the molecule is Cc1ccc(-c2noc(CCC(=O)N3CCC(C(=O)c4ccc(CC(C)C)cc4)CC3)n2)cc1F. The molecule has 0 atom stereocenters. The molecule has 0 aliphatic carbocycles. The van der Waals surface area contributed by atoms with Crippen LogP contribution in [0.15, 0.2) is 47.0 Å². The number of nitrogens with zero attached hydrogens (tertiary/aromatic N) is 3. The van der Waals surface area contributed by atoms with Crippen LogP contribution in [0.25, 0.3) is 11.4 Å². The molecule has 2 aromatic carbocycles. The summed E-state index contributed by atoms with van der Waals surface area (Å²) in [5, 5.41) is 3.91. The summed E-state index contributed by atoms with van der Waals surface area (Å²) in [6.45, 7) is 7.19. The molecule has 6 nitrogen and oxygen atoms in total. The number of halogens is 1. The normalized spacial score (nSPS) is 14.5. The summed E-state index contributed by atoms with van der Waals surface area (Å²) in [5.41, 5.74) is 3.09. The Morgan fingerprint density at radius 2 is 1.83 bits per heavy atom. The van der Waals surface area contributed by atoms with Crippen LogP contribution in [0, 0.1) is 24.6 Å². The van der Waals surface area contributed by atoms with Gasteiger partial charge < -0.3 is 9.42 Å². The highest BCUT2D eigenvalue weighted by Crippen LogP contribution is 2.24. The molecule has 2 heterocycles. The number of hydrogen-bond acceptors (Lipinski definition) is 5. The highest BCUT2D eigenvalue weighted by molar-refractivity contribution is 5.98. The van der Waals surface area contributed by atoms with E-state index < -0.39 is 0 Å². The van der Waals surface area contributed by atoms with Gasteiger partial charge in [-0.2, -0.15) is 4.98 Å². The molecule has 1 fully saturated rings. The van der Waals surface area contributed by atoms with Crippen molar-refractivity contribution in [3.8, 4) is 11.4 Å². The lowest BCUT2D eigenvalue weighted by molar-refractivity contribution is -0.132. The maximum absolute atomic E-state index is 13.8. The van der Waals surface area contributed by atoms with Gasteiger partial charge in [0.15, 0.2) is 5.78 Å². The van der Waals surface area contributed by atoms with Gasteiger partial charge in [0, 0.05) is 43.0 Å². The van der Waals surface area contributed by atoms with Crippen molar-refractivity contribution in [3.63, 3.8) is 0 Å². The molecule has 4 rings (SSSR count). The molecule has 1 amide bonds. The minimum Gasteiger partial charge on any atom is -0.343 e. The lowest BCUT2D eigenvalue weighted by Crippen LogP contribution is -2.40. The number of benzene rings is 2. The fourth-order valence-electron chi connectivity index (χ4n) is 4.48. The van der Waals surface area contributed by atoms with E-state index in [1.807, 2.05) is 29.2 Å². The first-order valence-corrected chi connectivity index (χ1v) is 12.3. The first-order valence-electron chi connectivity index (χ1n) is 12.3. The van der Waals surface area contributed by atoms with E-state index in [0.29, 0.717) is 61.1 Å². The van der Waals surface area contributed by atoms with Crippen molar-refractivity contribution >= 4 is 11.7 Å². The molecular weight excluding hydrogens is 445 g/mol. The van der Waals surface area contributed by atoms with Crippen molar-refractivity contribution in [1.29, 1.82) is 0 Å². The van der Waals surface area contributed by atoms with E-state index in [9.17, 15) is 14.0 Å². The second kappa shape index (κ2) is 10.9. The summed E-state index contributed by atoms with van der Waals surface area (Å²) < 4.78 is 19.1. The molecule has 0 spiro atoms. The van der Waals surface area contributed by atoms with Gasteiger partial charge in [-0.25, -0.2) is 4.39 Å². The minimum absolute atomic E-state index is 0.00932. The summed E-state index contributed by atoms with van der Waals surface area (Å²) in [6, 6.07) is 12.7. The fraction of sp³-hybridized carbons (Fsp3) is 0.429. The van der Waals surface area contributed by atoms with Crippen LogP contribution in [0.4, 0.5) is 4.39 Å². The number of Topliss-reactive ketones (excluding diaryl/α,β-unsaturated/α-hetero) is 1. The first kappa shape index (κ1) is 24.8. The monoisotopic (exact) mass is 477 g/mol. The lowest BCUT2D eigenvalue weighted by Gasteiger charge is -2.31. The Bertz CT molecular complexity index is 1180. The molecule has 1 aliphatic rings. The second-order valence-corrected chi connectivity index (χ2v) is 9.79. The zero-order chi connectivity index (χ0) is 24.9. The smallest absolute Gasteiger partial charge is 0.227 e. The van der Waals surface area contributed by atoms with Crippen molar-refractivity contribution in [2.45, 2.75) is 52.9 Å². The Morgan fingerprint density at radius 1 is 1.11 bits per heavy atom. The number of likely N-dealkylation sites (tertiary alicyclic amines) is 1. The second-order valence-electron chi connectivity index (χ2n) is 9.79. The zero-order valence-corrected chi connectivity index (χ0v) is 20.6. The van der Waals surface area contributed by atoms with Crippen molar-refractivity contribution in [2.24, 2.45) is 11.8 Å². The molecule has 0 bridgehead atoms. The maximum atomic E-state index is 13.8. The molecule has 7 heteroatoms. The van der Waals surface area contributed by atoms with Crippen molar-refractivity contribution in [2.75, 3.05) is 13.1 Å². The van der Waals surface area contributed by atoms with Crippen molar-refractivity contribution in [1.82, 2.24) is 15.0 Å². The number of ketones is 1. The highest BCUT2D eigenvalue weighted by atomic mass is 19.1. The fourth-order valence-corrected chi connectivity index (χ4v) is 4.48. The van der Waals surface area contributed by atoms with Gasteiger partial charge in [-0.05, 0) is 49.3 Å². The Labute approximate surface area is 205 Å². The number of rotatable bonds is 8. The number of amides is 1. The third-order valence-corrected chi connectivity index (χ3v) is 6.55. The van der Waals surface area contributed by atoms with Crippen LogP contribution in [-0.4, -0.2) is 39.8 Å². The molecule has 0 radical (unpaired) electrons. The third kappa shape index (κ3) is 6.21. The van der Waals surface area contributed by atoms with Gasteiger partial charge >= 0.3 is 0 Å². The van der Waals surface area contributed by atoms with Crippen LogP contribution in [0.3, 0.4) is 0 Å². The minimum atomic E-state index is -0.325. The molecule has 184 valence electrons. The number of hydrogen-bond donors (Lipinski definition) is 0.